The molecule has 4 aromatic rings. The molecule has 1 N–H and O–H groups in total. The number of halogens is 1. The molecule has 2 aromatic carbocycles. The van der Waals surface area contributed by atoms with Crippen molar-refractivity contribution in [2.45, 2.75) is 31.8 Å². The van der Waals surface area contributed by atoms with Crippen molar-refractivity contribution < 1.29 is 4.74 Å². The summed E-state index contributed by atoms with van der Waals surface area (Å²) >= 11 is 12.9. The fourth-order valence-electron chi connectivity index (χ4n) is 5.72. The van der Waals surface area contributed by atoms with Crippen molar-refractivity contribution in [1.29, 1.82) is 0 Å². The van der Waals surface area contributed by atoms with Crippen LogP contribution in [0.25, 0.3) is 5.69 Å². The largest absolute Gasteiger partial charge is 0.497 e. The highest BCUT2D eigenvalue weighted by atomic mass is 35.5. The van der Waals surface area contributed by atoms with Crippen LogP contribution in [0.3, 0.4) is 0 Å². The van der Waals surface area contributed by atoms with E-state index in [2.05, 4.69) is 69.2 Å². The molecule has 39 heavy (non-hydrogen) atoms. The lowest BCUT2D eigenvalue weighted by Crippen LogP contribution is -2.33. The third-order valence-corrected chi connectivity index (χ3v) is 8.46. The van der Waals surface area contributed by atoms with Gasteiger partial charge in [-0.1, -0.05) is 30.7 Å². The van der Waals surface area contributed by atoms with Gasteiger partial charge in [-0.3, -0.25) is 4.98 Å². The average Bonchev–Trinajstić information content (AvgIpc) is 3.58. The molecule has 2 atom stereocenters. The maximum Gasteiger partial charge on any atom is 0.174 e. The summed E-state index contributed by atoms with van der Waals surface area (Å²) in [5.41, 5.74) is 5.06. The van der Waals surface area contributed by atoms with Crippen molar-refractivity contribution in [2.75, 3.05) is 30.0 Å². The SMILES string of the molecule is COc1cccc(-n2cccc2[C@H]2[C@H](c3ccccn3)NC(=S)N2c2ccc(N3CCC(C)CC3)c(Cl)c2)c1. The molecule has 0 aliphatic carbocycles. The van der Waals surface area contributed by atoms with Gasteiger partial charge in [0, 0.05) is 48.6 Å². The van der Waals surface area contributed by atoms with E-state index in [4.69, 9.17) is 33.5 Å². The lowest BCUT2D eigenvalue weighted by Gasteiger charge is -2.33. The first-order valence-corrected chi connectivity index (χ1v) is 14.2. The van der Waals surface area contributed by atoms with E-state index in [0.29, 0.717) is 5.11 Å². The van der Waals surface area contributed by atoms with Crippen molar-refractivity contribution in [1.82, 2.24) is 14.9 Å². The summed E-state index contributed by atoms with van der Waals surface area (Å²) in [6.07, 6.45) is 6.28. The number of thiocarbonyl (C=S) groups is 1. The van der Waals surface area contributed by atoms with Crippen LogP contribution in [0, 0.1) is 5.92 Å². The fraction of sp³-hybridized carbons (Fsp3) is 0.290. The van der Waals surface area contributed by atoms with Gasteiger partial charge in [-0.2, -0.15) is 0 Å². The van der Waals surface area contributed by atoms with E-state index < -0.39 is 0 Å². The number of hydrogen-bond donors (Lipinski definition) is 1. The van der Waals surface area contributed by atoms with Crippen molar-refractivity contribution in [3.63, 3.8) is 0 Å². The molecule has 200 valence electrons. The second kappa shape index (κ2) is 10.9. The van der Waals surface area contributed by atoms with Crippen LogP contribution in [0.4, 0.5) is 11.4 Å². The molecule has 0 saturated carbocycles. The first-order valence-electron chi connectivity index (χ1n) is 13.4. The zero-order valence-electron chi connectivity index (χ0n) is 22.1. The van der Waals surface area contributed by atoms with Gasteiger partial charge < -0.3 is 24.4 Å². The Morgan fingerprint density at radius 2 is 1.82 bits per heavy atom. The number of anilines is 2. The number of nitrogens with one attached hydrogen (secondary N) is 1. The number of nitrogens with zero attached hydrogens (tertiary/aromatic N) is 4. The summed E-state index contributed by atoms with van der Waals surface area (Å²) in [7, 11) is 1.69. The molecule has 0 amide bonds. The Morgan fingerprint density at radius 1 is 0.974 bits per heavy atom. The molecule has 0 bridgehead atoms. The highest BCUT2D eigenvalue weighted by molar-refractivity contribution is 7.80. The normalized spacial score (nSPS) is 19.8. The number of benzene rings is 2. The van der Waals surface area contributed by atoms with E-state index in [0.717, 1.165) is 58.2 Å². The van der Waals surface area contributed by atoms with Crippen molar-refractivity contribution in [3.05, 3.63) is 102 Å². The molecule has 6 rings (SSSR count). The number of rotatable bonds is 6. The maximum atomic E-state index is 6.95. The Labute approximate surface area is 240 Å². The molecule has 4 heterocycles. The van der Waals surface area contributed by atoms with Gasteiger partial charge >= 0.3 is 0 Å². The summed E-state index contributed by atoms with van der Waals surface area (Å²) < 4.78 is 7.70. The van der Waals surface area contributed by atoms with Crippen molar-refractivity contribution in [2.24, 2.45) is 5.92 Å². The van der Waals surface area contributed by atoms with Crippen LogP contribution >= 0.6 is 23.8 Å². The minimum atomic E-state index is -0.161. The number of ether oxygens (including phenoxy) is 1. The van der Waals surface area contributed by atoms with Gasteiger partial charge in [0.15, 0.2) is 5.11 Å². The van der Waals surface area contributed by atoms with Gasteiger partial charge in [0.1, 0.15) is 11.8 Å². The molecular formula is C31H32ClN5OS. The first-order chi connectivity index (χ1) is 19.0. The van der Waals surface area contributed by atoms with Gasteiger partial charge in [-0.05, 0) is 85.6 Å². The zero-order valence-corrected chi connectivity index (χ0v) is 23.7. The second-order valence-electron chi connectivity index (χ2n) is 10.3. The average molecular weight is 558 g/mol. The second-order valence-corrected chi connectivity index (χ2v) is 11.1. The minimum absolute atomic E-state index is 0.153. The quantitative estimate of drug-likeness (QED) is 0.259. The van der Waals surface area contributed by atoms with Crippen LogP contribution in [-0.4, -0.2) is 34.9 Å². The third-order valence-electron chi connectivity index (χ3n) is 7.85. The topological polar surface area (TPSA) is 45.6 Å². The summed E-state index contributed by atoms with van der Waals surface area (Å²) in [5.74, 6) is 1.57. The van der Waals surface area contributed by atoms with Gasteiger partial charge in [-0.15, -0.1) is 0 Å². The highest BCUT2D eigenvalue weighted by Gasteiger charge is 2.42. The van der Waals surface area contributed by atoms with E-state index in [-0.39, 0.29) is 12.1 Å². The van der Waals surface area contributed by atoms with Gasteiger partial charge in [0.25, 0.3) is 0 Å². The number of methoxy groups -OCH3 is 1. The third kappa shape index (κ3) is 4.97. The van der Waals surface area contributed by atoms with Gasteiger partial charge in [-0.25, -0.2) is 0 Å². The van der Waals surface area contributed by atoms with Crippen LogP contribution < -0.4 is 19.9 Å². The van der Waals surface area contributed by atoms with Crippen LogP contribution in [0.2, 0.25) is 5.02 Å². The molecule has 8 heteroatoms. The summed E-state index contributed by atoms with van der Waals surface area (Å²) in [4.78, 5) is 9.27. The van der Waals surface area contributed by atoms with Crippen LogP contribution in [-0.2, 0) is 0 Å². The van der Waals surface area contributed by atoms with E-state index in [1.807, 2.05) is 42.6 Å². The molecule has 2 aliphatic rings. The Balaban J connectivity index is 1.42. The minimum Gasteiger partial charge on any atom is -0.497 e. The molecule has 2 fully saturated rings. The molecule has 0 radical (unpaired) electrons. The number of hydrogen-bond acceptors (Lipinski definition) is 4. The molecule has 2 aliphatic heterocycles. The maximum absolute atomic E-state index is 6.95. The molecule has 0 unspecified atom stereocenters. The van der Waals surface area contributed by atoms with Crippen molar-refractivity contribution >= 4 is 40.3 Å². The molecule has 2 saturated heterocycles. The predicted octanol–water partition coefficient (Wildman–Crippen LogP) is 6.95. The fourth-order valence-corrected chi connectivity index (χ4v) is 6.36. The Bertz CT molecular complexity index is 1470. The van der Waals surface area contributed by atoms with Gasteiger partial charge in [0.2, 0.25) is 0 Å². The van der Waals surface area contributed by atoms with Crippen LogP contribution in [0.15, 0.2) is 85.2 Å². The lowest BCUT2D eigenvalue weighted by atomic mass is 9.98. The van der Waals surface area contributed by atoms with Crippen molar-refractivity contribution in [3.8, 4) is 11.4 Å². The monoisotopic (exact) mass is 557 g/mol. The first kappa shape index (κ1) is 25.7. The van der Waals surface area contributed by atoms with E-state index >= 15 is 0 Å². The molecular weight excluding hydrogens is 526 g/mol. The number of aromatic nitrogens is 2. The molecule has 0 spiro atoms. The summed E-state index contributed by atoms with van der Waals surface area (Å²) in [5, 5.41) is 4.95. The highest BCUT2D eigenvalue weighted by Crippen LogP contribution is 2.44. The summed E-state index contributed by atoms with van der Waals surface area (Å²) in [6, 6.07) is 24.3. The zero-order chi connectivity index (χ0) is 26.9. The van der Waals surface area contributed by atoms with Crippen LogP contribution in [0.5, 0.6) is 5.75 Å². The Kier molecular flexibility index (Phi) is 7.19. The molecule has 2 aromatic heterocycles. The summed E-state index contributed by atoms with van der Waals surface area (Å²) in [6.45, 7) is 4.38. The van der Waals surface area contributed by atoms with Crippen LogP contribution in [0.1, 0.15) is 43.2 Å². The smallest absolute Gasteiger partial charge is 0.174 e. The van der Waals surface area contributed by atoms with E-state index in [1.54, 1.807) is 7.11 Å². The number of pyridine rings is 1. The standard InChI is InChI=1S/C31H32ClN5OS/c1-21-13-17-35(18-14-21)27-12-11-23(20-25(27)32)37-30(29(34-31(37)39)26-9-3-4-15-33-26)28-10-6-16-36(28)22-7-5-8-24(19-22)38-2/h3-12,15-16,19-21,29-30H,13-14,17-18H2,1-2H3,(H,34,39)/t29-,30-/m0/s1. The Morgan fingerprint density at radius 3 is 2.56 bits per heavy atom. The van der Waals surface area contributed by atoms with E-state index in [1.165, 1.54) is 12.8 Å². The lowest BCUT2D eigenvalue weighted by molar-refractivity contribution is 0.414. The van der Waals surface area contributed by atoms with Gasteiger partial charge in [0.05, 0.1) is 29.6 Å². The Hall–Kier alpha value is -3.55. The molecule has 6 nitrogen and oxygen atoms in total. The van der Waals surface area contributed by atoms with E-state index in [9.17, 15) is 0 Å². The predicted molar refractivity (Wildman–Crippen MR) is 162 cm³/mol. The number of piperidine rings is 1.